The quantitative estimate of drug-likeness (QED) is 0.606. The molecule has 1 rings (SSSR count). The lowest BCUT2D eigenvalue weighted by atomic mass is 10.3. The molecule has 3 N–H and O–H groups in total. The lowest BCUT2D eigenvalue weighted by Crippen LogP contribution is -1.98. The van der Waals surface area contributed by atoms with Gasteiger partial charge in [0.15, 0.2) is 5.03 Å². The third-order valence-electron chi connectivity index (χ3n) is 1.22. The van der Waals surface area contributed by atoms with Gasteiger partial charge < -0.3 is 10.3 Å². The Bertz CT molecular complexity index is 301. The molecule has 1 atom stereocenters. The van der Waals surface area contributed by atoms with Crippen molar-refractivity contribution < 1.29 is 8.76 Å². The van der Waals surface area contributed by atoms with Crippen LogP contribution in [0, 0.1) is 6.92 Å². The summed E-state index contributed by atoms with van der Waals surface area (Å²) in [5.41, 5.74) is 6.51. The second-order valence-electron chi connectivity index (χ2n) is 2.14. The summed E-state index contributed by atoms with van der Waals surface area (Å²) in [5, 5.41) is 0.166. The average molecular weight is 172 g/mol. The molecule has 0 spiro atoms. The summed E-state index contributed by atoms with van der Waals surface area (Å²) in [6, 6.07) is 1.61. The van der Waals surface area contributed by atoms with Crippen LogP contribution in [0.1, 0.15) is 5.56 Å². The normalized spacial score (nSPS) is 12.9. The van der Waals surface area contributed by atoms with Crippen LogP contribution < -0.4 is 5.73 Å². The number of nitrogens with zero attached hydrogens (tertiary/aromatic N) is 1. The molecule has 1 aromatic rings. The van der Waals surface area contributed by atoms with Crippen LogP contribution in [0.3, 0.4) is 0 Å². The summed E-state index contributed by atoms with van der Waals surface area (Å²) in [7, 11) is 0. The number of pyridine rings is 1. The Morgan fingerprint density at radius 1 is 1.73 bits per heavy atom. The van der Waals surface area contributed by atoms with E-state index in [2.05, 4.69) is 4.98 Å². The molecule has 0 aliphatic heterocycles. The Kier molecular flexibility index (Phi) is 2.21. The maximum atomic E-state index is 10.5. The van der Waals surface area contributed by atoms with E-state index in [-0.39, 0.29) is 5.03 Å². The lowest BCUT2D eigenvalue weighted by molar-refractivity contribution is 0.559. The Balaban J connectivity index is 3.20. The number of anilines is 1. The van der Waals surface area contributed by atoms with Gasteiger partial charge in [-0.15, -0.1) is 0 Å². The van der Waals surface area contributed by atoms with Gasteiger partial charge in [-0.05, 0) is 18.6 Å². The SMILES string of the molecule is Cc1cc(N)cnc1S(=O)O. The Hall–Kier alpha value is -0.940. The van der Waals surface area contributed by atoms with Crippen molar-refractivity contribution in [2.75, 3.05) is 5.73 Å². The van der Waals surface area contributed by atoms with Crippen molar-refractivity contribution in [2.24, 2.45) is 0 Å². The third kappa shape index (κ3) is 1.75. The molecule has 0 radical (unpaired) electrons. The second kappa shape index (κ2) is 2.98. The van der Waals surface area contributed by atoms with Crippen LogP contribution in [0.15, 0.2) is 17.3 Å². The minimum Gasteiger partial charge on any atom is -0.397 e. The Morgan fingerprint density at radius 2 is 2.36 bits per heavy atom. The fourth-order valence-corrected chi connectivity index (χ4v) is 1.24. The van der Waals surface area contributed by atoms with Gasteiger partial charge in [-0.25, -0.2) is 9.19 Å². The number of rotatable bonds is 1. The van der Waals surface area contributed by atoms with Gasteiger partial charge in [0.05, 0.1) is 11.9 Å². The molecule has 0 saturated heterocycles. The van der Waals surface area contributed by atoms with E-state index in [9.17, 15) is 4.21 Å². The van der Waals surface area contributed by atoms with Crippen LogP contribution in [-0.4, -0.2) is 13.7 Å². The highest BCUT2D eigenvalue weighted by Crippen LogP contribution is 2.10. The van der Waals surface area contributed by atoms with E-state index in [0.29, 0.717) is 11.3 Å². The zero-order valence-corrected chi connectivity index (χ0v) is 6.76. The highest BCUT2D eigenvalue weighted by atomic mass is 32.2. The smallest absolute Gasteiger partial charge is 0.205 e. The first-order valence-corrected chi connectivity index (χ1v) is 4.05. The summed E-state index contributed by atoms with van der Waals surface area (Å²) < 4.78 is 19.2. The van der Waals surface area contributed by atoms with Crippen LogP contribution in [0.2, 0.25) is 0 Å². The number of nitrogens with two attached hydrogens (primary N) is 1. The van der Waals surface area contributed by atoms with Gasteiger partial charge in [-0.1, -0.05) is 0 Å². The predicted molar refractivity (Wildman–Crippen MR) is 42.4 cm³/mol. The summed E-state index contributed by atoms with van der Waals surface area (Å²) in [4.78, 5) is 3.70. The number of hydrogen-bond donors (Lipinski definition) is 2. The maximum absolute atomic E-state index is 10.5. The Labute approximate surface area is 66.7 Å². The van der Waals surface area contributed by atoms with Gasteiger partial charge in [0.25, 0.3) is 0 Å². The average Bonchev–Trinajstić information content (AvgIpc) is 1.85. The molecule has 1 unspecified atom stereocenters. The maximum Gasteiger partial charge on any atom is 0.205 e. The molecule has 1 heterocycles. The first kappa shape index (κ1) is 8.16. The van der Waals surface area contributed by atoms with Gasteiger partial charge in [0, 0.05) is 0 Å². The monoisotopic (exact) mass is 172 g/mol. The molecular weight excluding hydrogens is 164 g/mol. The molecule has 11 heavy (non-hydrogen) atoms. The number of aromatic nitrogens is 1. The zero-order valence-electron chi connectivity index (χ0n) is 5.94. The number of hydrogen-bond acceptors (Lipinski definition) is 3. The van der Waals surface area contributed by atoms with Crippen LogP contribution in [0.5, 0.6) is 0 Å². The van der Waals surface area contributed by atoms with E-state index in [4.69, 9.17) is 10.3 Å². The van der Waals surface area contributed by atoms with Crippen molar-refractivity contribution in [3.05, 3.63) is 17.8 Å². The third-order valence-corrected chi connectivity index (χ3v) is 1.97. The molecular formula is C6H8N2O2S. The van der Waals surface area contributed by atoms with E-state index in [1.165, 1.54) is 6.20 Å². The molecule has 1 aromatic heterocycles. The fraction of sp³-hybridized carbons (Fsp3) is 0.167. The van der Waals surface area contributed by atoms with Crippen molar-refractivity contribution in [3.63, 3.8) is 0 Å². The van der Waals surface area contributed by atoms with Crippen molar-refractivity contribution in [2.45, 2.75) is 11.9 Å². The zero-order chi connectivity index (χ0) is 8.43. The van der Waals surface area contributed by atoms with Gasteiger partial charge in [-0.3, -0.25) is 0 Å². The molecule has 4 nitrogen and oxygen atoms in total. The van der Waals surface area contributed by atoms with E-state index >= 15 is 0 Å². The molecule has 0 bridgehead atoms. The number of nitrogen functional groups attached to an aromatic ring is 1. The molecule has 0 amide bonds. The predicted octanol–water partition coefficient (Wildman–Crippen LogP) is 0.553. The minimum atomic E-state index is -2.02. The standard InChI is InChI=1S/C6H8N2O2S/c1-4-2-5(7)3-8-6(4)11(9)10/h2-3H,7H2,1H3,(H,9,10). The molecule has 60 valence electrons. The van der Waals surface area contributed by atoms with Gasteiger partial charge >= 0.3 is 0 Å². The molecule has 0 aliphatic rings. The van der Waals surface area contributed by atoms with Crippen LogP contribution in [-0.2, 0) is 11.1 Å². The first-order chi connectivity index (χ1) is 5.11. The summed E-state index contributed by atoms with van der Waals surface area (Å²) in [6.07, 6.45) is 1.36. The van der Waals surface area contributed by atoms with Gasteiger partial charge in [0.2, 0.25) is 11.1 Å². The molecule has 0 aliphatic carbocycles. The topological polar surface area (TPSA) is 76.2 Å². The van der Waals surface area contributed by atoms with Crippen molar-refractivity contribution in [1.82, 2.24) is 4.98 Å². The summed E-state index contributed by atoms with van der Waals surface area (Å²) >= 11 is -2.02. The van der Waals surface area contributed by atoms with Crippen LogP contribution >= 0.6 is 0 Å². The van der Waals surface area contributed by atoms with Crippen molar-refractivity contribution >= 4 is 16.8 Å². The van der Waals surface area contributed by atoms with E-state index in [0.717, 1.165) is 0 Å². The molecule has 5 heteroatoms. The molecule has 0 fully saturated rings. The van der Waals surface area contributed by atoms with Gasteiger partial charge in [0.1, 0.15) is 0 Å². The van der Waals surface area contributed by atoms with Gasteiger partial charge in [-0.2, -0.15) is 0 Å². The van der Waals surface area contributed by atoms with E-state index in [1.54, 1.807) is 13.0 Å². The van der Waals surface area contributed by atoms with Crippen LogP contribution in [0.4, 0.5) is 5.69 Å². The summed E-state index contributed by atoms with van der Waals surface area (Å²) in [5.74, 6) is 0. The summed E-state index contributed by atoms with van der Waals surface area (Å²) in [6.45, 7) is 1.69. The van der Waals surface area contributed by atoms with Crippen LogP contribution in [0.25, 0.3) is 0 Å². The van der Waals surface area contributed by atoms with E-state index < -0.39 is 11.1 Å². The molecule has 0 aromatic carbocycles. The Morgan fingerprint density at radius 3 is 2.82 bits per heavy atom. The lowest BCUT2D eigenvalue weighted by Gasteiger charge is -1.99. The fourth-order valence-electron chi connectivity index (χ4n) is 0.767. The van der Waals surface area contributed by atoms with Crippen molar-refractivity contribution in [1.29, 1.82) is 0 Å². The van der Waals surface area contributed by atoms with Crippen molar-refractivity contribution in [3.8, 4) is 0 Å². The first-order valence-electron chi connectivity index (χ1n) is 2.94. The molecule has 0 saturated carbocycles. The highest BCUT2D eigenvalue weighted by molar-refractivity contribution is 7.79. The highest BCUT2D eigenvalue weighted by Gasteiger charge is 2.04. The van der Waals surface area contributed by atoms with E-state index in [1.807, 2.05) is 0 Å². The minimum absolute atomic E-state index is 0.166. The second-order valence-corrected chi connectivity index (χ2v) is 3.02. The largest absolute Gasteiger partial charge is 0.397 e. The number of aryl methyl sites for hydroxylation is 1.